The van der Waals surface area contributed by atoms with E-state index < -0.39 is 0 Å². The van der Waals surface area contributed by atoms with Crippen LogP contribution in [0.15, 0.2) is 24.3 Å². The molecule has 2 N–H and O–H groups in total. The van der Waals surface area contributed by atoms with Gasteiger partial charge >= 0.3 is 0 Å². The molecule has 2 rings (SSSR count). The second kappa shape index (κ2) is 7.46. The second-order valence-electron chi connectivity index (χ2n) is 5.87. The quantitative estimate of drug-likeness (QED) is 0.845. The van der Waals surface area contributed by atoms with Gasteiger partial charge in [-0.05, 0) is 37.9 Å². The van der Waals surface area contributed by atoms with Crippen LogP contribution >= 0.6 is 0 Å². The molecule has 0 bridgehead atoms. The molecule has 1 fully saturated rings. The van der Waals surface area contributed by atoms with Gasteiger partial charge in [-0.15, -0.1) is 0 Å². The van der Waals surface area contributed by atoms with E-state index in [1.807, 2.05) is 0 Å². The van der Waals surface area contributed by atoms with Crippen LogP contribution in [0.1, 0.15) is 45.2 Å². The first kappa shape index (κ1) is 15.8. The topological polar surface area (TPSA) is 44.4 Å². The molecule has 2 atom stereocenters. The summed E-state index contributed by atoms with van der Waals surface area (Å²) in [5.41, 5.74) is 2.64. The van der Waals surface area contributed by atoms with E-state index in [9.17, 15) is 4.79 Å². The Hall–Kier alpha value is -1.55. The SMILES string of the molecule is CCCNC(C)c1ccccc1N1CCC(NC(C)=O)C1. The lowest BCUT2D eigenvalue weighted by Crippen LogP contribution is -2.35. The Morgan fingerprint density at radius 2 is 2.19 bits per heavy atom. The van der Waals surface area contributed by atoms with Gasteiger partial charge in [0, 0.05) is 37.8 Å². The van der Waals surface area contributed by atoms with Crippen molar-refractivity contribution in [2.75, 3.05) is 24.5 Å². The molecule has 2 unspecified atom stereocenters. The molecule has 1 heterocycles. The van der Waals surface area contributed by atoms with Crippen molar-refractivity contribution in [1.82, 2.24) is 10.6 Å². The van der Waals surface area contributed by atoms with Gasteiger partial charge < -0.3 is 15.5 Å². The molecule has 0 aliphatic carbocycles. The number of hydrogen-bond donors (Lipinski definition) is 2. The van der Waals surface area contributed by atoms with Crippen LogP contribution in [0.25, 0.3) is 0 Å². The summed E-state index contributed by atoms with van der Waals surface area (Å²) in [7, 11) is 0. The number of carbonyl (C=O) groups excluding carboxylic acids is 1. The van der Waals surface area contributed by atoms with Gasteiger partial charge in [0.05, 0.1) is 0 Å². The average Bonchev–Trinajstić information content (AvgIpc) is 2.92. The van der Waals surface area contributed by atoms with E-state index in [-0.39, 0.29) is 11.9 Å². The highest BCUT2D eigenvalue weighted by Gasteiger charge is 2.25. The molecule has 1 aliphatic heterocycles. The fraction of sp³-hybridized carbons (Fsp3) is 0.588. The Morgan fingerprint density at radius 1 is 1.43 bits per heavy atom. The summed E-state index contributed by atoms with van der Waals surface area (Å²) in [6.45, 7) is 8.93. The molecule has 0 radical (unpaired) electrons. The smallest absolute Gasteiger partial charge is 0.217 e. The highest BCUT2D eigenvalue weighted by molar-refractivity contribution is 5.73. The first-order valence-electron chi connectivity index (χ1n) is 7.96. The third-order valence-corrected chi connectivity index (χ3v) is 4.04. The Morgan fingerprint density at radius 3 is 2.90 bits per heavy atom. The van der Waals surface area contributed by atoms with Crippen LogP contribution in [-0.2, 0) is 4.79 Å². The van der Waals surface area contributed by atoms with Crippen LogP contribution < -0.4 is 15.5 Å². The number of anilines is 1. The van der Waals surface area contributed by atoms with Crippen molar-refractivity contribution in [3.05, 3.63) is 29.8 Å². The zero-order valence-corrected chi connectivity index (χ0v) is 13.4. The van der Waals surface area contributed by atoms with Gasteiger partial charge in [-0.25, -0.2) is 0 Å². The van der Waals surface area contributed by atoms with E-state index in [2.05, 4.69) is 53.6 Å². The van der Waals surface area contributed by atoms with Crippen molar-refractivity contribution in [1.29, 1.82) is 0 Å². The van der Waals surface area contributed by atoms with Crippen LogP contribution in [0.4, 0.5) is 5.69 Å². The highest BCUT2D eigenvalue weighted by Crippen LogP contribution is 2.29. The Labute approximate surface area is 127 Å². The third-order valence-electron chi connectivity index (χ3n) is 4.04. The van der Waals surface area contributed by atoms with Crippen LogP contribution in [0.3, 0.4) is 0 Å². The maximum Gasteiger partial charge on any atom is 0.217 e. The summed E-state index contributed by atoms with van der Waals surface area (Å²) >= 11 is 0. The van der Waals surface area contributed by atoms with E-state index in [0.29, 0.717) is 6.04 Å². The summed E-state index contributed by atoms with van der Waals surface area (Å²) in [6.07, 6.45) is 2.16. The molecule has 1 amide bonds. The van der Waals surface area contributed by atoms with Crippen molar-refractivity contribution in [3.8, 4) is 0 Å². The third kappa shape index (κ3) is 4.21. The van der Waals surface area contributed by atoms with Gasteiger partial charge in [0.15, 0.2) is 0 Å². The lowest BCUT2D eigenvalue weighted by molar-refractivity contribution is -0.119. The predicted octanol–water partition coefficient (Wildman–Crippen LogP) is 2.46. The Bertz CT molecular complexity index is 475. The van der Waals surface area contributed by atoms with E-state index in [4.69, 9.17) is 0 Å². The largest absolute Gasteiger partial charge is 0.369 e. The number of benzene rings is 1. The number of para-hydroxylation sites is 1. The van der Waals surface area contributed by atoms with Gasteiger partial charge in [0.2, 0.25) is 5.91 Å². The van der Waals surface area contributed by atoms with Crippen LogP contribution in [-0.4, -0.2) is 31.6 Å². The van der Waals surface area contributed by atoms with Crippen LogP contribution in [0, 0.1) is 0 Å². The average molecular weight is 289 g/mol. The summed E-state index contributed by atoms with van der Waals surface area (Å²) in [5.74, 6) is 0.0631. The number of hydrogen-bond acceptors (Lipinski definition) is 3. The molecule has 1 saturated heterocycles. The van der Waals surface area contributed by atoms with Crippen molar-refractivity contribution in [2.45, 2.75) is 45.7 Å². The Balaban J connectivity index is 2.08. The van der Waals surface area contributed by atoms with E-state index in [1.165, 1.54) is 11.3 Å². The lowest BCUT2D eigenvalue weighted by atomic mass is 10.1. The first-order valence-corrected chi connectivity index (χ1v) is 7.96. The molecule has 0 spiro atoms. The number of amides is 1. The van der Waals surface area contributed by atoms with Crippen molar-refractivity contribution in [3.63, 3.8) is 0 Å². The van der Waals surface area contributed by atoms with Gasteiger partial charge in [0.25, 0.3) is 0 Å². The maximum atomic E-state index is 11.2. The fourth-order valence-corrected chi connectivity index (χ4v) is 3.00. The number of nitrogens with zero attached hydrogens (tertiary/aromatic N) is 1. The van der Waals surface area contributed by atoms with Gasteiger partial charge in [-0.3, -0.25) is 4.79 Å². The molecule has 0 saturated carbocycles. The lowest BCUT2D eigenvalue weighted by Gasteiger charge is -2.25. The predicted molar refractivity (Wildman–Crippen MR) is 87.6 cm³/mol. The molecule has 21 heavy (non-hydrogen) atoms. The van der Waals surface area contributed by atoms with Crippen molar-refractivity contribution < 1.29 is 4.79 Å². The number of nitrogens with one attached hydrogen (secondary N) is 2. The highest BCUT2D eigenvalue weighted by atomic mass is 16.1. The minimum Gasteiger partial charge on any atom is -0.369 e. The minimum atomic E-state index is 0.0631. The summed E-state index contributed by atoms with van der Waals surface area (Å²) in [5, 5.41) is 6.59. The van der Waals surface area contributed by atoms with E-state index in [0.717, 1.165) is 32.5 Å². The number of rotatable bonds is 6. The standard InChI is InChI=1S/C17H27N3O/c1-4-10-18-13(2)16-7-5-6-8-17(16)20-11-9-15(12-20)19-14(3)21/h5-8,13,15,18H,4,9-12H2,1-3H3,(H,19,21). The summed E-state index contributed by atoms with van der Waals surface area (Å²) < 4.78 is 0. The molecule has 116 valence electrons. The summed E-state index contributed by atoms with van der Waals surface area (Å²) in [4.78, 5) is 13.6. The first-order chi connectivity index (χ1) is 10.1. The van der Waals surface area contributed by atoms with Crippen LogP contribution in [0.5, 0.6) is 0 Å². The molecule has 0 aromatic heterocycles. The molecule has 1 aliphatic rings. The van der Waals surface area contributed by atoms with E-state index >= 15 is 0 Å². The molecular formula is C17H27N3O. The monoisotopic (exact) mass is 289 g/mol. The van der Waals surface area contributed by atoms with Gasteiger partial charge in [0.1, 0.15) is 0 Å². The van der Waals surface area contributed by atoms with E-state index in [1.54, 1.807) is 6.92 Å². The zero-order valence-electron chi connectivity index (χ0n) is 13.4. The molecular weight excluding hydrogens is 262 g/mol. The fourth-order valence-electron chi connectivity index (χ4n) is 3.00. The Kier molecular flexibility index (Phi) is 5.62. The number of carbonyl (C=O) groups is 1. The van der Waals surface area contributed by atoms with Gasteiger partial charge in [-0.1, -0.05) is 25.1 Å². The second-order valence-corrected chi connectivity index (χ2v) is 5.87. The summed E-state index contributed by atoms with van der Waals surface area (Å²) in [6, 6.07) is 9.21. The van der Waals surface area contributed by atoms with Crippen molar-refractivity contribution in [2.24, 2.45) is 0 Å². The van der Waals surface area contributed by atoms with Crippen molar-refractivity contribution >= 4 is 11.6 Å². The molecule has 1 aromatic rings. The van der Waals surface area contributed by atoms with Crippen LogP contribution in [0.2, 0.25) is 0 Å². The zero-order chi connectivity index (χ0) is 15.2. The minimum absolute atomic E-state index is 0.0631. The normalized spacial score (nSPS) is 19.6. The molecule has 4 heteroatoms. The maximum absolute atomic E-state index is 11.2. The molecule has 1 aromatic carbocycles. The molecule has 4 nitrogen and oxygen atoms in total. The van der Waals surface area contributed by atoms with Gasteiger partial charge in [-0.2, -0.15) is 0 Å².